The van der Waals surface area contributed by atoms with Crippen LogP contribution in [0.25, 0.3) is 0 Å². The van der Waals surface area contributed by atoms with Crippen LogP contribution in [-0.4, -0.2) is 32.7 Å². The van der Waals surface area contributed by atoms with Gasteiger partial charge in [0.15, 0.2) is 11.6 Å². The Morgan fingerprint density at radius 3 is 2.88 bits per heavy atom. The Labute approximate surface area is 93.8 Å². The van der Waals surface area contributed by atoms with Crippen LogP contribution in [0.2, 0.25) is 0 Å². The second-order valence-electron chi connectivity index (χ2n) is 3.16. The highest BCUT2D eigenvalue weighted by Crippen LogP contribution is 2.14. The number of hydrogen-bond acceptors (Lipinski definition) is 3. The zero-order valence-corrected chi connectivity index (χ0v) is 9.13. The molecular formula is C11H15FN2O2. The quantitative estimate of drug-likeness (QED) is 0.696. The van der Waals surface area contributed by atoms with Gasteiger partial charge in [0.1, 0.15) is 6.61 Å². The van der Waals surface area contributed by atoms with Gasteiger partial charge in [-0.25, -0.2) is 4.39 Å². The molecule has 0 spiro atoms. The summed E-state index contributed by atoms with van der Waals surface area (Å²) in [5.74, 6) is -0.311. The Balaban J connectivity index is 2.21. The van der Waals surface area contributed by atoms with Crippen LogP contribution in [0.5, 0.6) is 5.75 Å². The second kappa shape index (κ2) is 6.79. The number of nitrogens with one attached hydrogen (secondary N) is 2. The van der Waals surface area contributed by atoms with Gasteiger partial charge in [-0.1, -0.05) is 12.1 Å². The number of likely N-dealkylation sites (N-methyl/N-ethyl adjacent to an activating group) is 1. The van der Waals surface area contributed by atoms with E-state index in [1.165, 1.54) is 6.07 Å². The molecular weight excluding hydrogens is 211 g/mol. The summed E-state index contributed by atoms with van der Waals surface area (Å²) in [4.78, 5) is 11.0. The monoisotopic (exact) mass is 226 g/mol. The fourth-order valence-electron chi connectivity index (χ4n) is 1.14. The van der Waals surface area contributed by atoms with Gasteiger partial charge in [0.25, 0.3) is 0 Å². The molecule has 1 aromatic carbocycles. The second-order valence-corrected chi connectivity index (χ2v) is 3.16. The van der Waals surface area contributed by atoms with Gasteiger partial charge < -0.3 is 15.4 Å². The highest BCUT2D eigenvalue weighted by molar-refractivity contribution is 5.77. The SMILES string of the molecule is CNCC(=O)NCCOc1ccccc1F. The van der Waals surface area contributed by atoms with E-state index in [0.29, 0.717) is 6.54 Å². The topological polar surface area (TPSA) is 50.4 Å². The minimum absolute atomic E-state index is 0.111. The van der Waals surface area contributed by atoms with Gasteiger partial charge in [-0.15, -0.1) is 0 Å². The van der Waals surface area contributed by atoms with E-state index in [-0.39, 0.29) is 24.8 Å². The Bertz CT molecular complexity index is 345. The molecule has 0 aliphatic rings. The lowest BCUT2D eigenvalue weighted by Gasteiger charge is -2.07. The molecule has 0 aromatic heterocycles. The van der Waals surface area contributed by atoms with E-state index in [0.717, 1.165) is 0 Å². The van der Waals surface area contributed by atoms with Crippen LogP contribution >= 0.6 is 0 Å². The third kappa shape index (κ3) is 4.27. The summed E-state index contributed by atoms with van der Waals surface area (Å²) in [6.07, 6.45) is 0. The van der Waals surface area contributed by atoms with Gasteiger partial charge in [-0.3, -0.25) is 4.79 Å². The predicted octanol–water partition coefficient (Wildman–Crippen LogP) is 0.540. The van der Waals surface area contributed by atoms with Crippen molar-refractivity contribution in [3.05, 3.63) is 30.1 Å². The highest BCUT2D eigenvalue weighted by atomic mass is 19.1. The molecule has 0 aliphatic carbocycles. The van der Waals surface area contributed by atoms with Crippen molar-refractivity contribution in [3.8, 4) is 5.75 Å². The Morgan fingerprint density at radius 2 is 2.19 bits per heavy atom. The molecule has 0 unspecified atom stereocenters. The molecule has 0 atom stereocenters. The van der Waals surface area contributed by atoms with Crippen molar-refractivity contribution >= 4 is 5.91 Å². The molecule has 0 bridgehead atoms. The summed E-state index contributed by atoms with van der Waals surface area (Å²) in [7, 11) is 1.69. The van der Waals surface area contributed by atoms with Crippen LogP contribution in [0, 0.1) is 5.82 Å². The molecule has 1 amide bonds. The van der Waals surface area contributed by atoms with Gasteiger partial charge in [0.05, 0.1) is 13.1 Å². The molecule has 0 aliphatic heterocycles. The summed E-state index contributed by atoms with van der Waals surface area (Å²) < 4.78 is 18.2. The number of para-hydroxylation sites is 1. The van der Waals surface area contributed by atoms with Crippen LogP contribution < -0.4 is 15.4 Å². The fourth-order valence-corrected chi connectivity index (χ4v) is 1.14. The van der Waals surface area contributed by atoms with Crippen molar-refractivity contribution in [3.63, 3.8) is 0 Å². The van der Waals surface area contributed by atoms with Crippen molar-refractivity contribution in [1.29, 1.82) is 0 Å². The Hall–Kier alpha value is -1.62. The lowest BCUT2D eigenvalue weighted by Crippen LogP contribution is -2.34. The van der Waals surface area contributed by atoms with Crippen LogP contribution in [0.15, 0.2) is 24.3 Å². The number of carbonyl (C=O) groups is 1. The molecule has 4 nitrogen and oxygen atoms in total. The van der Waals surface area contributed by atoms with Gasteiger partial charge in [0.2, 0.25) is 5.91 Å². The van der Waals surface area contributed by atoms with Crippen molar-refractivity contribution in [2.75, 3.05) is 26.7 Å². The molecule has 0 heterocycles. The number of benzene rings is 1. The lowest BCUT2D eigenvalue weighted by molar-refractivity contribution is -0.120. The maximum Gasteiger partial charge on any atom is 0.234 e. The van der Waals surface area contributed by atoms with Gasteiger partial charge in [-0.2, -0.15) is 0 Å². The molecule has 0 fully saturated rings. The molecule has 0 saturated heterocycles. The normalized spacial score (nSPS) is 9.88. The Morgan fingerprint density at radius 1 is 1.44 bits per heavy atom. The summed E-state index contributed by atoms with van der Waals surface area (Å²) in [6.45, 7) is 0.866. The molecule has 16 heavy (non-hydrogen) atoms. The summed E-state index contributed by atoms with van der Waals surface area (Å²) >= 11 is 0. The largest absolute Gasteiger partial charge is 0.489 e. The predicted molar refractivity (Wildman–Crippen MR) is 58.8 cm³/mol. The van der Waals surface area contributed by atoms with E-state index in [1.54, 1.807) is 25.2 Å². The number of ether oxygens (including phenoxy) is 1. The van der Waals surface area contributed by atoms with E-state index in [4.69, 9.17) is 4.74 Å². The minimum atomic E-state index is -0.399. The first-order chi connectivity index (χ1) is 7.74. The van der Waals surface area contributed by atoms with E-state index in [1.807, 2.05) is 0 Å². The van der Waals surface area contributed by atoms with Gasteiger partial charge in [-0.05, 0) is 19.2 Å². The maximum atomic E-state index is 13.1. The first-order valence-corrected chi connectivity index (χ1v) is 5.02. The minimum Gasteiger partial charge on any atom is -0.489 e. The van der Waals surface area contributed by atoms with Crippen LogP contribution in [-0.2, 0) is 4.79 Å². The van der Waals surface area contributed by atoms with Gasteiger partial charge in [0, 0.05) is 0 Å². The third-order valence-corrected chi connectivity index (χ3v) is 1.86. The molecule has 0 saturated carbocycles. The number of rotatable bonds is 6. The summed E-state index contributed by atoms with van der Waals surface area (Å²) in [5, 5.41) is 5.35. The average molecular weight is 226 g/mol. The highest BCUT2D eigenvalue weighted by Gasteiger charge is 2.01. The number of carbonyl (C=O) groups excluding carboxylic acids is 1. The van der Waals surface area contributed by atoms with Crippen LogP contribution in [0.3, 0.4) is 0 Å². The molecule has 5 heteroatoms. The van der Waals surface area contributed by atoms with Crippen molar-refractivity contribution in [2.24, 2.45) is 0 Å². The number of hydrogen-bond donors (Lipinski definition) is 2. The fraction of sp³-hybridized carbons (Fsp3) is 0.364. The first kappa shape index (κ1) is 12.4. The summed E-state index contributed by atoms with van der Waals surface area (Å²) in [5.41, 5.74) is 0. The number of halogens is 1. The molecule has 1 aromatic rings. The smallest absolute Gasteiger partial charge is 0.234 e. The van der Waals surface area contributed by atoms with Gasteiger partial charge >= 0.3 is 0 Å². The first-order valence-electron chi connectivity index (χ1n) is 5.02. The van der Waals surface area contributed by atoms with Crippen molar-refractivity contribution in [2.45, 2.75) is 0 Å². The lowest BCUT2D eigenvalue weighted by atomic mass is 10.3. The maximum absolute atomic E-state index is 13.1. The molecule has 1 rings (SSSR count). The van der Waals surface area contributed by atoms with E-state index in [9.17, 15) is 9.18 Å². The molecule has 2 N–H and O–H groups in total. The van der Waals surface area contributed by atoms with E-state index < -0.39 is 5.82 Å². The average Bonchev–Trinajstić information content (AvgIpc) is 2.27. The van der Waals surface area contributed by atoms with Crippen molar-refractivity contribution in [1.82, 2.24) is 10.6 Å². The molecule has 0 radical (unpaired) electrons. The number of amides is 1. The zero-order valence-electron chi connectivity index (χ0n) is 9.13. The van der Waals surface area contributed by atoms with Crippen LogP contribution in [0.1, 0.15) is 0 Å². The van der Waals surface area contributed by atoms with E-state index >= 15 is 0 Å². The standard InChI is InChI=1S/C11H15FN2O2/c1-13-8-11(15)14-6-7-16-10-5-3-2-4-9(10)12/h2-5,13H,6-8H2,1H3,(H,14,15). The van der Waals surface area contributed by atoms with E-state index in [2.05, 4.69) is 10.6 Å². The van der Waals surface area contributed by atoms with Crippen LogP contribution in [0.4, 0.5) is 4.39 Å². The van der Waals surface area contributed by atoms with Crippen molar-refractivity contribution < 1.29 is 13.9 Å². The zero-order chi connectivity index (χ0) is 11.8. The summed E-state index contributed by atoms with van der Waals surface area (Å²) in [6, 6.07) is 6.16. The third-order valence-electron chi connectivity index (χ3n) is 1.86. The Kier molecular flexibility index (Phi) is 5.28. The molecule has 88 valence electrons.